The minimum atomic E-state index is -3.79. The van der Waals surface area contributed by atoms with Crippen molar-refractivity contribution in [2.45, 2.75) is 31.3 Å². The van der Waals surface area contributed by atoms with Gasteiger partial charge in [0.25, 0.3) is 5.91 Å². The summed E-state index contributed by atoms with van der Waals surface area (Å²) in [5.74, 6) is 0.893. The number of carbonyl (C=O) groups excluding carboxylic acids is 1. The van der Waals surface area contributed by atoms with E-state index in [1.807, 2.05) is 44.2 Å². The molecule has 1 aliphatic heterocycles. The molecule has 11 heteroatoms. The minimum absolute atomic E-state index is 0.0922. The van der Waals surface area contributed by atoms with E-state index in [-0.39, 0.29) is 35.0 Å². The van der Waals surface area contributed by atoms with E-state index >= 15 is 0 Å². The number of hydrogen-bond donors (Lipinski definition) is 1. The Labute approximate surface area is 220 Å². The van der Waals surface area contributed by atoms with Crippen molar-refractivity contribution < 1.29 is 27.1 Å². The third-order valence-electron chi connectivity index (χ3n) is 5.91. The lowest BCUT2D eigenvalue weighted by molar-refractivity contribution is 0.102. The molecule has 2 heterocycles. The summed E-state index contributed by atoms with van der Waals surface area (Å²) >= 11 is 0. The van der Waals surface area contributed by atoms with E-state index in [4.69, 9.17) is 13.9 Å². The normalized spacial score (nSPS) is 13.1. The Morgan fingerprint density at radius 3 is 2.37 bits per heavy atom. The summed E-state index contributed by atoms with van der Waals surface area (Å²) in [4.78, 5) is 12.9. The Morgan fingerprint density at radius 2 is 1.66 bits per heavy atom. The van der Waals surface area contributed by atoms with Crippen molar-refractivity contribution in [2.24, 2.45) is 0 Å². The zero-order valence-electron chi connectivity index (χ0n) is 20.8. The van der Waals surface area contributed by atoms with Crippen molar-refractivity contribution in [1.82, 2.24) is 14.5 Å². The topological polar surface area (TPSA) is 124 Å². The Balaban J connectivity index is 1.28. The summed E-state index contributed by atoms with van der Waals surface area (Å²) in [6, 6.07) is 20.0. The highest BCUT2D eigenvalue weighted by atomic mass is 32.2. The fourth-order valence-electron chi connectivity index (χ4n) is 3.96. The molecule has 0 fully saturated rings. The van der Waals surface area contributed by atoms with Crippen molar-refractivity contribution >= 4 is 21.9 Å². The quantitative estimate of drug-likeness (QED) is 0.354. The highest BCUT2D eigenvalue weighted by Crippen LogP contribution is 2.34. The van der Waals surface area contributed by atoms with Crippen LogP contribution in [-0.2, 0) is 16.6 Å². The Kier molecular flexibility index (Phi) is 7.12. The minimum Gasteiger partial charge on any atom is -0.486 e. The second-order valence-corrected chi connectivity index (χ2v) is 10.8. The van der Waals surface area contributed by atoms with Crippen LogP contribution in [0.4, 0.5) is 6.01 Å². The Bertz CT molecular complexity index is 1540. The van der Waals surface area contributed by atoms with E-state index in [1.54, 1.807) is 18.2 Å². The maximum Gasteiger partial charge on any atom is 0.322 e. The number of sulfonamides is 1. The average molecular weight is 535 g/mol. The summed E-state index contributed by atoms with van der Waals surface area (Å²) in [6.45, 7) is 4.83. The number of nitrogens with one attached hydrogen (secondary N) is 1. The van der Waals surface area contributed by atoms with Crippen LogP contribution in [0.25, 0.3) is 11.5 Å². The number of ether oxygens (including phenoxy) is 2. The first-order valence-corrected chi connectivity index (χ1v) is 13.5. The molecule has 0 aliphatic carbocycles. The molecule has 5 rings (SSSR count). The maximum absolute atomic E-state index is 13.4. The summed E-state index contributed by atoms with van der Waals surface area (Å²) < 4.78 is 44.8. The molecule has 0 spiro atoms. The molecule has 38 heavy (non-hydrogen) atoms. The van der Waals surface area contributed by atoms with Crippen LogP contribution < -0.4 is 14.8 Å². The highest BCUT2D eigenvalue weighted by molar-refractivity contribution is 7.89. The zero-order chi connectivity index (χ0) is 26.7. The molecule has 1 aliphatic rings. The van der Waals surface area contributed by atoms with Gasteiger partial charge in [-0.25, -0.2) is 8.42 Å². The molecule has 0 saturated heterocycles. The molecule has 4 aromatic rings. The Hall–Kier alpha value is -4.22. The maximum atomic E-state index is 13.4. The molecule has 0 atom stereocenters. The first-order valence-electron chi connectivity index (χ1n) is 12.0. The molecule has 0 bridgehead atoms. The number of nitrogens with zero attached hydrogens (tertiary/aromatic N) is 3. The summed E-state index contributed by atoms with van der Waals surface area (Å²) in [5, 5.41) is 10.4. The summed E-state index contributed by atoms with van der Waals surface area (Å²) in [5.41, 5.74) is 1.74. The molecule has 1 N–H and O–H groups in total. The fraction of sp³-hybridized carbons (Fsp3) is 0.222. The SMILES string of the molecule is CC(C)N(Cc1ccccc1)S(=O)(=O)c1ccc(C(=O)Nc2nnc(-c3ccc4c(c3)OCCO4)o2)cc1. The van der Waals surface area contributed by atoms with Gasteiger partial charge in [-0.1, -0.05) is 35.4 Å². The van der Waals surface area contributed by atoms with Crippen LogP contribution in [0, 0.1) is 0 Å². The lowest BCUT2D eigenvalue weighted by Gasteiger charge is -2.26. The van der Waals surface area contributed by atoms with E-state index in [9.17, 15) is 13.2 Å². The predicted octanol–water partition coefficient (Wildman–Crippen LogP) is 4.36. The molecular formula is C27H26N4O6S. The van der Waals surface area contributed by atoms with E-state index in [0.29, 0.717) is 30.3 Å². The molecular weight excluding hydrogens is 508 g/mol. The van der Waals surface area contributed by atoms with Crippen molar-refractivity contribution in [3.8, 4) is 23.0 Å². The van der Waals surface area contributed by atoms with Gasteiger partial charge in [-0.3, -0.25) is 10.1 Å². The molecule has 10 nitrogen and oxygen atoms in total. The first-order chi connectivity index (χ1) is 18.3. The van der Waals surface area contributed by atoms with E-state index in [1.165, 1.54) is 28.6 Å². The second kappa shape index (κ2) is 10.6. The number of anilines is 1. The van der Waals surface area contributed by atoms with Gasteiger partial charge in [0.2, 0.25) is 15.9 Å². The summed E-state index contributed by atoms with van der Waals surface area (Å²) in [6.07, 6.45) is 0. The van der Waals surface area contributed by atoms with Crippen molar-refractivity contribution in [2.75, 3.05) is 18.5 Å². The second-order valence-electron chi connectivity index (χ2n) is 8.88. The van der Waals surface area contributed by atoms with E-state index < -0.39 is 15.9 Å². The van der Waals surface area contributed by atoms with Gasteiger partial charge in [-0.15, -0.1) is 5.10 Å². The number of rotatable bonds is 8. The van der Waals surface area contributed by atoms with Crippen LogP contribution in [0.15, 0.2) is 82.1 Å². The molecule has 196 valence electrons. The fourth-order valence-corrected chi connectivity index (χ4v) is 5.58. The predicted molar refractivity (Wildman–Crippen MR) is 139 cm³/mol. The summed E-state index contributed by atoms with van der Waals surface area (Å²) in [7, 11) is -3.79. The highest BCUT2D eigenvalue weighted by Gasteiger charge is 2.27. The average Bonchev–Trinajstić information content (AvgIpc) is 3.40. The number of amides is 1. The zero-order valence-corrected chi connectivity index (χ0v) is 21.6. The monoisotopic (exact) mass is 534 g/mol. The van der Waals surface area contributed by atoms with Crippen LogP contribution in [0.2, 0.25) is 0 Å². The van der Waals surface area contributed by atoms with Gasteiger partial charge < -0.3 is 13.9 Å². The molecule has 0 unspecified atom stereocenters. The van der Waals surface area contributed by atoms with Gasteiger partial charge in [-0.05, 0) is 61.9 Å². The number of aromatic nitrogens is 2. The standard InChI is InChI=1S/C27H26N4O6S/c1-18(2)31(17-19-6-4-3-5-7-19)38(33,34)22-11-8-20(9-12-22)25(32)28-27-30-29-26(37-27)21-10-13-23-24(16-21)36-15-14-35-23/h3-13,16,18H,14-15,17H2,1-2H3,(H,28,30,32). The largest absolute Gasteiger partial charge is 0.486 e. The number of hydrogen-bond acceptors (Lipinski definition) is 8. The number of carbonyl (C=O) groups is 1. The van der Waals surface area contributed by atoms with Crippen LogP contribution in [0.5, 0.6) is 11.5 Å². The van der Waals surface area contributed by atoms with Gasteiger partial charge in [0.1, 0.15) is 13.2 Å². The third-order valence-corrected chi connectivity index (χ3v) is 7.95. The van der Waals surface area contributed by atoms with E-state index in [0.717, 1.165) is 5.56 Å². The van der Waals surface area contributed by atoms with Crippen molar-refractivity contribution in [3.63, 3.8) is 0 Å². The molecule has 3 aromatic carbocycles. The smallest absolute Gasteiger partial charge is 0.322 e. The van der Waals surface area contributed by atoms with Crippen molar-refractivity contribution in [3.05, 3.63) is 83.9 Å². The van der Waals surface area contributed by atoms with Crippen LogP contribution >= 0.6 is 0 Å². The van der Waals surface area contributed by atoms with Crippen molar-refractivity contribution in [1.29, 1.82) is 0 Å². The van der Waals surface area contributed by atoms with Crippen LogP contribution in [0.3, 0.4) is 0 Å². The van der Waals surface area contributed by atoms with E-state index in [2.05, 4.69) is 15.5 Å². The van der Waals surface area contributed by atoms with Gasteiger partial charge in [-0.2, -0.15) is 4.31 Å². The first kappa shape index (κ1) is 25.4. The lowest BCUT2D eigenvalue weighted by Crippen LogP contribution is -2.36. The molecule has 0 radical (unpaired) electrons. The van der Waals surface area contributed by atoms with Gasteiger partial charge in [0, 0.05) is 23.7 Å². The van der Waals surface area contributed by atoms with Gasteiger partial charge >= 0.3 is 6.01 Å². The van der Waals surface area contributed by atoms with Crippen LogP contribution in [-0.4, -0.2) is 48.1 Å². The Morgan fingerprint density at radius 1 is 0.947 bits per heavy atom. The molecule has 1 amide bonds. The number of fused-ring (bicyclic) bond motifs is 1. The van der Waals surface area contributed by atoms with Crippen LogP contribution in [0.1, 0.15) is 29.8 Å². The van der Waals surface area contributed by atoms with Gasteiger partial charge in [0.05, 0.1) is 4.90 Å². The lowest BCUT2D eigenvalue weighted by atomic mass is 10.2. The molecule has 0 saturated carbocycles. The third kappa shape index (κ3) is 5.38. The van der Waals surface area contributed by atoms with Gasteiger partial charge in [0.15, 0.2) is 11.5 Å². The molecule has 1 aromatic heterocycles. The number of benzene rings is 3.